The number of pyridine rings is 1. The summed E-state index contributed by atoms with van der Waals surface area (Å²) >= 11 is 0. The number of benzene rings is 1. The van der Waals surface area contributed by atoms with Crippen LogP contribution in [0, 0.1) is 0 Å². The first-order chi connectivity index (χ1) is 11.5. The topological polar surface area (TPSA) is 113 Å². The van der Waals surface area contributed by atoms with Gasteiger partial charge in [-0.1, -0.05) is 0 Å². The maximum absolute atomic E-state index is 12.3. The third kappa shape index (κ3) is 2.63. The third-order valence-electron chi connectivity index (χ3n) is 3.60. The molecule has 8 nitrogen and oxygen atoms in total. The molecule has 3 N–H and O–H groups in total. The fraction of sp³-hybridized carbons (Fsp3) is 0.188. The molecule has 1 aromatic carbocycles. The van der Waals surface area contributed by atoms with Gasteiger partial charge in [0, 0.05) is 13.2 Å². The van der Waals surface area contributed by atoms with Crippen molar-refractivity contribution in [3.63, 3.8) is 0 Å². The monoisotopic (exact) mass is 329 g/mol. The summed E-state index contributed by atoms with van der Waals surface area (Å²) in [6.07, 6.45) is 0. The van der Waals surface area contributed by atoms with Crippen LogP contribution < -0.4 is 21.3 Å². The second-order valence-electron chi connectivity index (χ2n) is 5.11. The summed E-state index contributed by atoms with van der Waals surface area (Å²) in [5.41, 5.74) is 5.94. The van der Waals surface area contributed by atoms with E-state index in [0.717, 1.165) is 6.07 Å². The number of carbonyl (C=O) groups is 2. The van der Waals surface area contributed by atoms with Gasteiger partial charge in [-0.2, -0.15) is 0 Å². The van der Waals surface area contributed by atoms with Crippen molar-refractivity contribution in [1.82, 2.24) is 9.88 Å². The van der Waals surface area contributed by atoms with Crippen molar-refractivity contribution in [2.45, 2.75) is 0 Å². The number of anilines is 1. The van der Waals surface area contributed by atoms with Crippen molar-refractivity contribution in [2.75, 3.05) is 26.1 Å². The molecule has 0 aliphatic carbocycles. The van der Waals surface area contributed by atoms with Crippen molar-refractivity contribution >= 4 is 17.6 Å². The van der Waals surface area contributed by atoms with Crippen molar-refractivity contribution in [2.24, 2.45) is 0 Å². The van der Waals surface area contributed by atoms with Gasteiger partial charge in [0.2, 0.25) is 0 Å². The Morgan fingerprint density at radius 3 is 2.46 bits per heavy atom. The largest absolute Gasteiger partial charge is 0.491 e. The Morgan fingerprint density at radius 2 is 1.79 bits per heavy atom. The van der Waals surface area contributed by atoms with Gasteiger partial charge in [0.25, 0.3) is 17.4 Å². The van der Waals surface area contributed by atoms with E-state index in [4.69, 9.17) is 15.2 Å². The highest BCUT2D eigenvalue weighted by atomic mass is 16.5. The molecular weight excluding hydrogens is 314 g/mol. The van der Waals surface area contributed by atoms with Crippen LogP contribution in [0.25, 0.3) is 5.69 Å². The summed E-state index contributed by atoms with van der Waals surface area (Å²) < 4.78 is 11.5. The molecule has 0 fully saturated rings. The molecular formula is C16H15N3O5. The number of nitrogens with zero attached hydrogens (tertiary/aromatic N) is 1. The van der Waals surface area contributed by atoms with E-state index in [0.29, 0.717) is 24.7 Å². The Balaban J connectivity index is 1.99. The van der Waals surface area contributed by atoms with Crippen LogP contribution in [0.5, 0.6) is 5.75 Å². The molecule has 2 aromatic rings. The predicted molar refractivity (Wildman–Crippen MR) is 85.6 cm³/mol. The SMILES string of the molecule is COCCOc1ccc(-n2c(N)c3c(cc2=O)C(=O)NC3=O)cc1. The number of aromatic nitrogens is 1. The second-order valence-corrected chi connectivity index (χ2v) is 5.11. The van der Waals surface area contributed by atoms with Gasteiger partial charge in [0.05, 0.1) is 23.4 Å². The molecule has 1 aliphatic heterocycles. The number of imide groups is 1. The number of nitrogens with two attached hydrogens (primary N) is 1. The molecule has 0 saturated carbocycles. The minimum Gasteiger partial charge on any atom is -0.491 e. The summed E-state index contributed by atoms with van der Waals surface area (Å²) in [5.74, 6) is -0.695. The maximum atomic E-state index is 12.3. The van der Waals surface area contributed by atoms with Gasteiger partial charge in [0.1, 0.15) is 18.2 Å². The van der Waals surface area contributed by atoms with Crippen LogP contribution in [0.3, 0.4) is 0 Å². The summed E-state index contributed by atoms with van der Waals surface area (Å²) in [6, 6.07) is 7.74. The summed E-state index contributed by atoms with van der Waals surface area (Å²) in [5, 5.41) is 2.12. The zero-order chi connectivity index (χ0) is 17.3. The molecule has 3 rings (SSSR count). The molecule has 1 aliphatic rings. The van der Waals surface area contributed by atoms with E-state index in [1.165, 1.54) is 4.57 Å². The first-order valence-corrected chi connectivity index (χ1v) is 7.16. The van der Waals surface area contributed by atoms with E-state index in [2.05, 4.69) is 5.32 Å². The molecule has 0 saturated heterocycles. The quantitative estimate of drug-likeness (QED) is 0.604. The Hall–Kier alpha value is -3.13. The van der Waals surface area contributed by atoms with E-state index in [1.807, 2.05) is 0 Å². The predicted octanol–water partition coefficient (Wildman–Crippen LogP) is 0.328. The lowest BCUT2D eigenvalue weighted by atomic mass is 10.1. The number of hydrogen-bond donors (Lipinski definition) is 2. The molecule has 0 atom stereocenters. The maximum Gasteiger partial charge on any atom is 0.262 e. The first kappa shape index (κ1) is 15.8. The second kappa shape index (κ2) is 6.17. The summed E-state index contributed by atoms with van der Waals surface area (Å²) in [6.45, 7) is 0.862. The standard InChI is InChI=1S/C16H15N3O5/c1-23-6-7-24-10-4-2-9(3-5-10)19-12(20)8-11-13(14(19)17)16(22)18-15(11)21/h2-5,8H,6-7,17H2,1H3,(H,18,21,22). The molecule has 0 unspecified atom stereocenters. The third-order valence-corrected chi connectivity index (χ3v) is 3.60. The molecule has 0 radical (unpaired) electrons. The molecule has 8 heteroatoms. The molecule has 1 aromatic heterocycles. The zero-order valence-electron chi connectivity index (χ0n) is 12.9. The van der Waals surface area contributed by atoms with Gasteiger partial charge in [-0.15, -0.1) is 0 Å². The van der Waals surface area contributed by atoms with Crippen molar-refractivity contribution in [1.29, 1.82) is 0 Å². The van der Waals surface area contributed by atoms with E-state index >= 15 is 0 Å². The van der Waals surface area contributed by atoms with E-state index in [9.17, 15) is 14.4 Å². The lowest BCUT2D eigenvalue weighted by Gasteiger charge is -2.12. The average Bonchev–Trinajstić information content (AvgIpc) is 2.83. The van der Waals surface area contributed by atoms with E-state index in [1.54, 1.807) is 31.4 Å². The van der Waals surface area contributed by atoms with Crippen molar-refractivity contribution in [3.05, 3.63) is 51.8 Å². The van der Waals surface area contributed by atoms with Crippen LogP contribution in [0.2, 0.25) is 0 Å². The number of amides is 2. The number of rotatable bonds is 5. The Morgan fingerprint density at radius 1 is 1.08 bits per heavy atom. The van der Waals surface area contributed by atoms with E-state index in [-0.39, 0.29) is 16.9 Å². The highest BCUT2D eigenvalue weighted by Gasteiger charge is 2.31. The van der Waals surface area contributed by atoms with Gasteiger partial charge in [-0.3, -0.25) is 24.3 Å². The lowest BCUT2D eigenvalue weighted by Crippen LogP contribution is -2.24. The van der Waals surface area contributed by atoms with Crippen LogP contribution in [-0.4, -0.2) is 36.7 Å². The van der Waals surface area contributed by atoms with Crippen molar-refractivity contribution < 1.29 is 19.1 Å². The number of nitrogen functional groups attached to an aromatic ring is 1. The molecule has 2 amide bonds. The van der Waals surface area contributed by atoms with Crippen LogP contribution >= 0.6 is 0 Å². The molecule has 0 spiro atoms. The van der Waals surface area contributed by atoms with Gasteiger partial charge in [0.15, 0.2) is 0 Å². The van der Waals surface area contributed by atoms with Crippen LogP contribution in [-0.2, 0) is 4.74 Å². The summed E-state index contributed by atoms with van der Waals surface area (Å²) in [7, 11) is 1.58. The van der Waals surface area contributed by atoms with Crippen LogP contribution in [0.15, 0.2) is 35.1 Å². The molecule has 24 heavy (non-hydrogen) atoms. The number of methoxy groups -OCH3 is 1. The molecule has 2 heterocycles. The Bertz CT molecular complexity index is 871. The lowest BCUT2D eigenvalue weighted by molar-refractivity contribution is 0.0880. The number of ether oxygens (including phenoxy) is 2. The normalized spacial score (nSPS) is 12.9. The molecule has 0 bridgehead atoms. The number of fused-ring (bicyclic) bond motifs is 1. The minimum absolute atomic E-state index is 0.00160. The van der Waals surface area contributed by atoms with Gasteiger partial charge in [-0.25, -0.2) is 0 Å². The Kier molecular flexibility index (Phi) is 4.05. The zero-order valence-corrected chi connectivity index (χ0v) is 12.9. The summed E-state index contributed by atoms with van der Waals surface area (Å²) in [4.78, 5) is 35.8. The minimum atomic E-state index is -0.618. The smallest absolute Gasteiger partial charge is 0.262 e. The van der Waals surface area contributed by atoms with Crippen LogP contribution in [0.4, 0.5) is 5.82 Å². The van der Waals surface area contributed by atoms with Gasteiger partial charge >= 0.3 is 0 Å². The fourth-order valence-electron chi connectivity index (χ4n) is 2.48. The Labute approximate surface area is 136 Å². The van der Waals surface area contributed by atoms with Crippen molar-refractivity contribution in [3.8, 4) is 11.4 Å². The fourth-order valence-corrected chi connectivity index (χ4v) is 2.48. The number of hydrogen-bond acceptors (Lipinski definition) is 6. The highest BCUT2D eigenvalue weighted by Crippen LogP contribution is 2.23. The number of nitrogens with one attached hydrogen (secondary N) is 1. The van der Waals surface area contributed by atoms with Crippen LogP contribution in [0.1, 0.15) is 20.7 Å². The number of carbonyl (C=O) groups excluding carboxylic acids is 2. The average molecular weight is 329 g/mol. The van der Waals surface area contributed by atoms with Gasteiger partial charge in [-0.05, 0) is 24.3 Å². The first-order valence-electron chi connectivity index (χ1n) is 7.16. The highest BCUT2D eigenvalue weighted by molar-refractivity contribution is 6.23. The van der Waals surface area contributed by atoms with Gasteiger partial charge < -0.3 is 15.2 Å². The molecule has 124 valence electrons. The van der Waals surface area contributed by atoms with E-state index < -0.39 is 17.4 Å².